The van der Waals surface area contributed by atoms with Crippen LogP contribution >= 0.6 is 0 Å². The van der Waals surface area contributed by atoms with Crippen LogP contribution in [0, 0.1) is 19.8 Å². The first-order valence-corrected chi connectivity index (χ1v) is 13.6. The summed E-state index contributed by atoms with van der Waals surface area (Å²) in [5, 5.41) is 3.20. The van der Waals surface area contributed by atoms with Gasteiger partial charge < -0.3 is 15.1 Å². The average molecular weight is 463 g/mol. The van der Waals surface area contributed by atoms with Crippen LogP contribution in [-0.4, -0.2) is 80.4 Å². The first-order valence-electron chi connectivity index (χ1n) is 12.2. The highest BCUT2D eigenvalue weighted by Gasteiger charge is 2.32. The number of nitrogens with one attached hydrogen (secondary N) is 1. The van der Waals surface area contributed by atoms with Gasteiger partial charge in [-0.2, -0.15) is 4.31 Å². The third kappa shape index (κ3) is 5.46. The first-order chi connectivity index (χ1) is 15.3. The number of sulfonamides is 1. The van der Waals surface area contributed by atoms with Crippen LogP contribution in [0.2, 0.25) is 0 Å². The molecular formula is C24H38N4O3S. The highest BCUT2D eigenvalue weighted by atomic mass is 32.2. The predicted molar refractivity (Wildman–Crippen MR) is 126 cm³/mol. The first kappa shape index (κ1) is 23.5. The van der Waals surface area contributed by atoms with E-state index in [1.807, 2.05) is 26.0 Å². The third-order valence-electron chi connectivity index (χ3n) is 7.38. The molecule has 1 saturated carbocycles. The van der Waals surface area contributed by atoms with Crippen molar-refractivity contribution in [3.05, 3.63) is 29.3 Å². The number of carbonyl (C=O) groups is 1. The Morgan fingerprint density at radius 2 is 1.62 bits per heavy atom. The zero-order valence-electron chi connectivity index (χ0n) is 19.6. The minimum absolute atomic E-state index is 0.0530. The van der Waals surface area contributed by atoms with Gasteiger partial charge in [0, 0.05) is 51.9 Å². The highest BCUT2D eigenvalue weighted by molar-refractivity contribution is 7.89. The Hall–Kier alpha value is -1.64. The molecule has 8 heteroatoms. The van der Waals surface area contributed by atoms with Crippen molar-refractivity contribution in [2.75, 3.05) is 45.8 Å². The summed E-state index contributed by atoms with van der Waals surface area (Å²) in [7, 11) is -3.53. The number of amides is 2. The zero-order valence-corrected chi connectivity index (χ0v) is 20.4. The molecule has 0 unspecified atom stereocenters. The fourth-order valence-electron chi connectivity index (χ4n) is 5.44. The summed E-state index contributed by atoms with van der Waals surface area (Å²) in [6, 6.07) is 5.60. The number of aryl methyl sites for hydroxylation is 2. The van der Waals surface area contributed by atoms with Gasteiger partial charge in [-0.3, -0.25) is 0 Å². The Morgan fingerprint density at radius 1 is 0.969 bits per heavy atom. The van der Waals surface area contributed by atoms with E-state index in [4.69, 9.17) is 0 Å². The number of piperidine rings is 1. The van der Waals surface area contributed by atoms with Gasteiger partial charge in [0.2, 0.25) is 10.0 Å². The van der Waals surface area contributed by atoms with Crippen LogP contribution in [0.5, 0.6) is 0 Å². The van der Waals surface area contributed by atoms with E-state index < -0.39 is 10.0 Å². The van der Waals surface area contributed by atoms with E-state index in [2.05, 4.69) is 10.2 Å². The molecule has 1 aliphatic carbocycles. The molecule has 1 N–H and O–H groups in total. The molecule has 1 aromatic carbocycles. The Bertz CT molecular complexity index is 898. The average Bonchev–Trinajstić information content (AvgIpc) is 3.28. The van der Waals surface area contributed by atoms with Gasteiger partial charge in [-0.25, -0.2) is 13.2 Å². The van der Waals surface area contributed by atoms with Crippen molar-refractivity contribution >= 4 is 16.1 Å². The maximum absolute atomic E-state index is 13.1. The van der Waals surface area contributed by atoms with E-state index in [-0.39, 0.29) is 12.1 Å². The van der Waals surface area contributed by atoms with Crippen molar-refractivity contribution in [1.29, 1.82) is 0 Å². The second-order valence-electron chi connectivity index (χ2n) is 9.83. The number of carbonyl (C=O) groups excluding carboxylic acids is 1. The van der Waals surface area contributed by atoms with Crippen molar-refractivity contribution < 1.29 is 13.2 Å². The molecule has 0 atom stereocenters. The molecule has 3 aliphatic rings. The van der Waals surface area contributed by atoms with Gasteiger partial charge in [-0.15, -0.1) is 0 Å². The SMILES string of the molecule is Cc1ccc(S(=O)(=O)N2CCN(C(=O)NC3CCN(CC4CCCC4)CC3)CC2)c(C)c1. The van der Waals surface area contributed by atoms with Crippen LogP contribution < -0.4 is 5.32 Å². The number of hydrogen-bond donors (Lipinski definition) is 1. The standard InChI is InChI=1S/C24H38N4O3S/c1-19-7-8-23(20(2)17-19)32(30,31)28-15-13-27(14-16-28)24(29)25-22-9-11-26(12-10-22)18-21-5-3-4-6-21/h7-8,17,21-22H,3-6,9-16,18H2,1-2H3,(H,25,29). The molecular weight excluding hydrogens is 424 g/mol. The minimum Gasteiger partial charge on any atom is -0.335 e. The lowest BCUT2D eigenvalue weighted by Gasteiger charge is -2.37. The third-order valence-corrected chi connectivity index (χ3v) is 9.44. The molecule has 4 rings (SSSR count). The van der Waals surface area contributed by atoms with Crippen LogP contribution in [0.3, 0.4) is 0 Å². The zero-order chi connectivity index (χ0) is 22.7. The molecule has 0 radical (unpaired) electrons. The number of hydrogen-bond acceptors (Lipinski definition) is 4. The second kappa shape index (κ2) is 10.1. The summed E-state index contributed by atoms with van der Waals surface area (Å²) in [4.78, 5) is 17.5. The second-order valence-corrected chi connectivity index (χ2v) is 11.7. The van der Waals surface area contributed by atoms with Gasteiger partial charge in [0.25, 0.3) is 0 Å². The van der Waals surface area contributed by atoms with Gasteiger partial charge in [0.05, 0.1) is 4.90 Å². The Kier molecular flexibility index (Phi) is 7.42. The summed E-state index contributed by atoms with van der Waals surface area (Å²) in [6.07, 6.45) is 7.52. The number of likely N-dealkylation sites (tertiary alicyclic amines) is 1. The van der Waals surface area contributed by atoms with E-state index in [1.165, 1.54) is 36.5 Å². The summed E-state index contributed by atoms with van der Waals surface area (Å²) in [5.41, 5.74) is 1.82. The van der Waals surface area contributed by atoms with Crippen LogP contribution in [0.1, 0.15) is 49.7 Å². The molecule has 32 heavy (non-hydrogen) atoms. The lowest BCUT2D eigenvalue weighted by atomic mass is 10.0. The van der Waals surface area contributed by atoms with E-state index >= 15 is 0 Å². The maximum Gasteiger partial charge on any atom is 0.317 e. The molecule has 0 spiro atoms. The van der Waals surface area contributed by atoms with Crippen LogP contribution in [-0.2, 0) is 10.0 Å². The molecule has 1 aromatic rings. The lowest BCUT2D eigenvalue weighted by Crippen LogP contribution is -2.55. The fraction of sp³-hybridized carbons (Fsp3) is 0.708. The van der Waals surface area contributed by atoms with Gasteiger partial charge in [-0.1, -0.05) is 30.5 Å². The smallest absolute Gasteiger partial charge is 0.317 e. The largest absolute Gasteiger partial charge is 0.335 e. The number of rotatable bonds is 5. The van der Waals surface area contributed by atoms with Gasteiger partial charge in [0.1, 0.15) is 0 Å². The summed E-state index contributed by atoms with van der Waals surface area (Å²) < 4.78 is 27.6. The van der Waals surface area contributed by atoms with Crippen LogP contribution in [0.15, 0.2) is 23.1 Å². The molecule has 2 aliphatic heterocycles. The van der Waals surface area contributed by atoms with Crippen molar-refractivity contribution in [3.63, 3.8) is 0 Å². The monoisotopic (exact) mass is 462 g/mol. The Morgan fingerprint density at radius 3 is 2.25 bits per heavy atom. The van der Waals surface area contributed by atoms with Crippen LogP contribution in [0.25, 0.3) is 0 Å². The minimum atomic E-state index is -3.53. The van der Waals surface area contributed by atoms with Gasteiger partial charge >= 0.3 is 6.03 Å². The van der Waals surface area contributed by atoms with Crippen molar-refractivity contribution in [3.8, 4) is 0 Å². The summed E-state index contributed by atoms with van der Waals surface area (Å²) >= 11 is 0. The Labute approximate surface area is 193 Å². The maximum atomic E-state index is 13.1. The quantitative estimate of drug-likeness (QED) is 0.730. The molecule has 178 valence electrons. The van der Waals surface area contributed by atoms with Crippen molar-refractivity contribution in [2.24, 2.45) is 5.92 Å². The number of piperazine rings is 1. The Balaban J connectivity index is 1.23. The van der Waals surface area contributed by atoms with E-state index in [1.54, 1.807) is 11.0 Å². The molecule has 7 nitrogen and oxygen atoms in total. The fourth-order valence-corrected chi connectivity index (χ4v) is 7.07. The van der Waals surface area contributed by atoms with E-state index in [0.717, 1.165) is 43.0 Å². The predicted octanol–water partition coefficient (Wildman–Crippen LogP) is 2.97. The lowest BCUT2D eigenvalue weighted by molar-refractivity contribution is 0.149. The molecule has 2 saturated heterocycles. The summed E-state index contributed by atoms with van der Waals surface area (Å²) in [5.74, 6) is 0.873. The topological polar surface area (TPSA) is 73.0 Å². The number of nitrogens with zero attached hydrogens (tertiary/aromatic N) is 3. The van der Waals surface area contributed by atoms with E-state index in [9.17, 15) is 13.2 Å². The van der Waals surface area contributed by atoms with E-state index in [0.29, 0.717) is 31.1 Å². The van der Waals surface area contributed by atoms with Crippen molar-refractivity contribution in [2.45, 2.75) is 63.3 Å². The van der Waals surface area contributed by atoms with Gasteiger partial charge in [-0.05, 0) is 57.1 Å². The number of benzene rings is 1. The molecule has 0 aromatic heterocycles. The molecule has 3 fully saturated rings. The summed E-state index contributed by atoms with van der Waals surface area (Å²) in [6.45, 7) is 8.66. The van der Waals surface area contributed by atoms with Gasteiger partial charge in [0.15, 0.2) is 0 Å². The number of urea groups is 1. The normalized spacial score (nSPS) is 22.4. The molecule has 2 amide bonds. The molecule has 2 heterocycles. The highest BCUT2D eigenvalue weighted by Crippen LogP contribution is 2.27. The van der Waals surface area contributed by atoms with Crippen molar-refractivity contribution in [1.82, 2.24) is 19.4 Å². The molecule has 0 bridgehead atoms. The van der Waals surface area contributed by atoms with Crippen LogP contribution in [0.4, 0.5) is 4.79 Å².